The molecule has 0 unspecified atom stereocenters. The first kappa shape index (κ1) is 14.0. The SMILES string of the molecule is COc1ccc(N(C)C(=O)CC#N)cc1C(C)C. The van der Waals surface area contributed by atoms with Crippen molar-refractivity contribution in [2.24, 2.45) is 0 Å². The first-order chi connectivity index (χ1) is 8.51. The molecule has 0 saturated carbocycles. The van der Waals surface area contributed by atoms with Crippen molar-refractivity contribution >= 4 is 11.6 Å². The van der Waals surface area contributed by atoms with E-state index in [2.05, 4.69) is 13.8 Å². The molecule has 96 valence electrons. The fraction of sp³-hybridized carbons (Fsp3) is 0.429. The van der Waals surface area contributed by atoms with Crippen LogP contribution in [0.5, 0.6) is 5.75 Å². The van der Waals surface area contributed by atoms with Gasteiger partial charge in [-0.1, -0.05) is 13.8 Å². The quantitative estimate of drug-likeness (QED) is 0.820. The molecule has 0 fully saturated rings. The molecule has 0 aliphatic carbocycles. The van der Waals surface area contributed by atoms with Gasteiger partial charge in [-0.25, -0.2) is 0 Å². The summed E-state index contributed by atoms with van der Waals surface area (Å²) in [5, 5.41) is 8.54. The second-order valence-electron chi connectivity index (χ2n) is 4.37. The Morgan fingerprint density at radius 3 is 2.67 bits per heavy atom. The number of anilines is 1. The fourth-order valence-electron chi connectivity index (χ4n) is 1.71. The molecule has 0 N–H and O–H groups in total. The average molecular weight is 246 g/mol. The Balaban J connectivity index is 3.08. The number of hydrogen-bond donors (Lipinski definition) is 0. The highest BCUT2D eigenvalue weighted by Gasteiger charge is 2.14. The summed E-state index contributed by atoms with van der Waals surface area (Å²) in [7, 11) is 3.30. The van der Waals surface area contributed by atoms with Crippen molar-refractivity contribution in [2.45, 2.75) is 26.2 Å². The van der Waals surface area contributed by atoms with Crippen molar-refractivity contribution in [2.75, 3.05) is 19.1 Å². The largest absolute Gasteiger partial charge is 0.496 e. The molecular weight excluding hydrogens is 228 g/mol. The molecule has 0 bridgehead atoms. The zero-order valence-electron chi connectivity index (χ0n) is 11.2. The lowest BCUT2D eigenvalue weighted by Crippen LogP contribution is -2.25. The summed E-state index contributed by atoms with van der Waals surface area (Å²) in [5.41, 5.74) is 1.83. The van der Waals surface area contributed by atoms with E-state index < -0.39 is 0 Å². The number of nitrogens with zero attached hydrogens (tertiary/aromatic N) is 2. The van der Waals surface area contributed by atoms with E-state index >= 15 is 0 Å². The summed E-state index contributed by atoms with van der Waals surface area (Å²) >= 11 is 0. The Hall–Kier alpha value is -2.02. The van der Waals surface area contributed by atoms with Crippen molar-refractivity contribution in [1.29, 1.82) is 5.26 Å². The monoisotopic (exact) mass is 246 g/mol. The van der Waals surface area contributed by atoms with E-state index in [1.54, 1.807) is 14.2 Å². The van der Waals surface area contributed by atoms with Gasteiger partial charge in [0.15, 0.2) is 0 Å². The van der Waals surface area contributed by atoms with E-state index in [4.69, 9.17) is 10.00 Å². The average Bonchev–Trinajstić information content (AvgIpc) is 2.37. The first-order valence-electron chi connectivity index (χ1n) is 5.82. The van der Waals surface area contributed by atoms with Gasteiger partial charge in [0.1, 0.15) is 12.2 Å². The number of rotatable bonds is 4. The van der Waals surface area contributed by atoms with E-state index in [1.807, 2.05) is 24.3 Å². The molecule has 18 heavy (non-hydrogen) atoms. The van der Waals surface area contributed by atoms with Crippen LogP contribution in [-0.4, -0.2) is 20.1 Å². The zero-order valence-corrected chi connectivity index (χ0v) is 11.2. The van der Waals surface area contributed by atoms with Crippen LogP contribution in [0.25, 0.3) is 0 Å². The van der Waals surface area contributed by atoms with Gasteiger partial charge in [-0.3, -0.25) is 4.79 Å². The number of amides is 1. The van der Waals surface area contributed by atoms with Crippen LogP contribution in [-0.2, 0) is 4.79 Å². The predicted octanol–water partition coefficient (Wildman–Crippen LogP) is 2.70. The van der Waals surface area contributed by atoms with Crippen molar-refractivity contribution in [3.05, 3.63) is 23.8 Å². The molecule has 1 rings (SSSR count). The van der Waals surface area contributed by atoms with Gasteiger partial charge in [-0.05, 0) is 29.7 Å². The van der Waals surface area contributed by atoms with Crippen LogP contribution in [0.2, 0.25) is 0 Å². The van der Waals surface area contributed by atoms with E-state index in [0.717, 1.165) is 17.0 Å². The van der Waals surface area contributed by atoms with Crippen LogP contribution in [0.3, 0.4) is 0 Å². The standard InChI is InChI=1S/C14H18N2O2/c1-10(2)12-9-11(5-6-13(12)18-4)16(3)14(17)7-8-15/h5-6,9-10H,7H2,1-4H3. The summed E-state index contributed by atoms with van der Waals surface area (Å²) in [5.74, 6) is 0.909. The normalized spacial score (nSPS) is 10.0. The number of carbonyl (C=O) groups excluding carboxylic acids is 1. The zero-order chi connectivity index (χ0) is 13.7. The number of benzene rings is 1. The third-order valence-corrected chi connectivity index (χ3v) is 2.83. The first-order valence-corrected chi connectivity index (χ1v) is 5.82. The number of carbonyl (C=O) groups is 1. The number of nitriles is 1. The lowest BCUT2D eigenvalue weighted by molar-refractivity contribution is -0.117. The third-order valence-electron chi connectivity index (χ3n) is 2.83. The Kier molecular flexibility index (Phi) is 4.73. The van der Waals surface area contributed by atoms with Gasteiger partial charge in [0.05, 0.1) is 13.2 Å². The van der Waals surface area contributed by atoms with Gasteiger partial charge >= 0.3 is 0 Å². The number of methoxy groups -OCH3 is 1. The number of hydrogen-bond acceptors (Lipinski definition) is 3. The third kappa shape index (κ3) is 3.01. The molecule has 1 amide bonds. The van der Waals surface area contributed by atoms with Gasteiger partial charge in [-0.15, -0.1) is 0 Å². The molecule has 0 heterocycles. The van der Waals surface area contributed by atoms with Gasteiger partial charge in [-0.2, -0.15) is 5.26 Å². The highest BCUT2D eigenvalue weighted by Crippen LogP contribution is 2.30. The Bertz CT molecular complexity index is 475. The van der Waals surface area contributed by atoms with E-state index in [1.165, 1.54) is 4.90 Å². The topological polar surface area (TPSA) is 53.3 Å². The summed E-state index contributed by atoms with van der Waals surface area (Å²) in [6.45, 7) is 4.14. The van der Waals surface area contributed by atoms with E-state index in [0.29, 0.717) is 5.92 Å². The van der Waals surface area contributed by atoms with Gasteiger partial charge in [0.2, 0.25) is 5.91 Å². The van der Waals surface area contributed by atoms with Crippen LogP contribution in [0, 0.1) is 11.3 Å². The molecule has 4 nitrogen and oxygen atoms in total. The second kappa shape index (κ2) is 6.06. The van der Waals surface area contributed by atoms with Crippen molar-refractivity contribution < 1.29 is 9.53 Å². The minimum absolute atomic E-state index is 0.112. The predicted molar refractivity (Wildman–Crippen MR) is 70.7 cm³/mol. The lowest BCUT2D eigenvalue weighted by atomic mass is 10.0. The molecule has 1 aromatic carbocycles. The lowest BCUT2D eigenvalue weighted by Gasteiger charge is -2.19. The summed E-state index contributed by atoms with van der Waals surface area (Å²) in [4.78, 5) is 13.1. The molecule has 0 aromatic heterocycles. The van der Waals surface area contributed by atoms with Crippen molar-refractivity contribution in [3.8, 4) is 11.8 Å². The molecule has 0 aliphatic rings. The van der Waals surface area contributed by atoms with E-state index in [-0.39, 0.29) is 12.3 Å². The molecule has 1 aromatic rings. The minimum Gasteiger partial charge on any atom is -0.496 e. The highest BCUT2D eigenvalue weighted by atomic mass is 16.5. The minimum atomic E-state index is -0.211. The fourth-order valence-corrected chi connectivity index (χ4v) is 1.71. The molecule has 0 spiro atoms. The maximum atomic E-state index is 11.7. The Morgan fingerprint density at radius 2 is 2.17 bits per heavy atom. The van der Waals surface area contributed by atoms with Crippen LogP contribution >= 0.6 is 0 Å². The summed E-state index contributed by atoms with van der Waals surface area (Å²) in [6.07, 6.45) is -0.112. The van der Waals surface area contributed by atoms with Gasteiger partial charge < -0.3 is 9.64 Å². The highest BCUT2D eigenvalue weighted by molar-refractivity contribution is 5.94. The molecular formula is C14H18N2O2. The molecule has 0 atom stereocenters. The van der Waals surface area contributed by atoms with Gasteiger partial charge in [0.25, 0.3) is 0 Å². The Labute approximate surface area is 108 Å². The maximum absolute atomic E-state index is 11.7. The van der Waals surface area contributed by atoms with Crippen molar-refractivity contribution in [1.82, 2.24) is 0 Å². The Morgan fingerprint density at radius 1 is 1.50 bits per heavy atom. The van der Waals surface area contributed by atoms with Crippen LogP contribution in [0.1, 0.15) is 31.7 Å². The molecule has 0 radical (unpaired) electrons. The second-order valence-corrected chi connectivity index (χ2v) is 4.37. The molecule has 4 heteroatoms. The smallest absolute Gasteiger partial charge is 0.240 e. The summed E-state index contributed by atoms with van der Waals surface area (Å²) in [6, 6.07) is 7.46. The maximum Gasteiger partial charge on any atom is 0.240 e. The van der Waals surface area contributed by atoms with Crippen LogP contribution in [0.15, 0.2) is 18.2 Å². The molecule has 0 aliphatic heterocycles. The van der Waals surface area contributed by atoms with Crippen molar-refractivity contribution in [3.63, 3.8) is 0 Å². The van der Waals surface area contributed by atoms with Gasteiger partial charge in [0, 0.05) is 12.7 Å². The number of ether oxygens (including phenoxy) is 1. The summed E-state index contributed by atoms with van der Waals surface area (Å²) < 4.78 is 5.29. The van der Waals surface area contributed by atoms with E-state index in [9.17, 15) is 4.79 Å². The molecule has 0 saturated heterocycles. The van der Waals surface area contributed by atoms with Crippen LogP contribution < -0.4 is 9.64 Å². The van der Waals surface area contributed by atoms with Crippen LogP contribution in [0.4, 0.5) is 5.69 Å².